The summed E-state index contributed by atoms with van der Waals surface area (Å²) in [6.45, 7) is 21.8. The maximum atomic E-state index is 14.7. The summed E-state index contributed by atoms with van der Waals surface area (Å²) in [5.41, 5.74) is 4.13. The molecule has 8 rings (SSSR count). The summed E-state index contributed by atoms with van der Waals surface area (Å²) in [4.78, 5) is 32.1. The normalized spacial score (nSPS) is 35.2. The highest BCUT2D eigenvalue weighted by molar-refractivity contribution is 5.94. The fourth-order valence-corrected chi connectivity index (χ4v) is 14.7. The summed E-state index contributed by atoms with van der Waals surface area (Å²) < 4.78 is 7.94. The molecule has 2 aromatic carbocycles. The number of benzene rings is 2. The fraction of sp³-hybridized carbons (Fsp3) is 0.635. The van der Waals surface area contributed by atoms with E-state index in [0.29, 0.717) is 61.3 Å². The molecular weight excluding hydrogens is 745 g/mol. The lowest BCUT2D eigenvalue weighted by Crippen LogP contribution is -2.67. The standard InChI is InChI=1S/C52H72N4O4/c1-35(2)40-18-24-52(26-25-50(6)41(45(40)52)16-17-43-49(5)22-20-44(57)48(3,4)42(49)19-23-51(43,50)7)47(59)54-27-21-36-10-8-11-38(32-36)46(58)55-33-37-12-14-39(15-13-37)60-31-9-29-56-30-28-53-34-56/h8,10-15,28,30,32,34,40-45,57H,1,9,16-27,29,31,33H2,2-7H3,(H,54,59)(H,55,58)/t40-,41?,42?,43?,44-,45?,49-,50+,51+,52-/m0/s1. The number of hydrogen-bond acceptors (Lipinski definition) is 5. The van der Waals surface area contributed by atoms with Gasteiger partial charge in [0.15, 0.2) is 0 Å². The second kappa shape index (κ2) is 16.4. The van der Waals surface area contributed by atoms with Crippen LogP contribution in [0.3, 0.4) is 0 Å². The van der Waals surface area contributed by atoms with Crippen LogP contribution in [0.4, 0.5) is 0 Å². The molecule has 60 heavy (non-hydrogen) atoms. The van der Waals surface area contributed by atoms with Crippen LogP contribution in [0.2, 0.25) is 0 Å². The molecule has 8 heteroatoms. The smallest absolute Gasteiger partial charge is 0.251 e. The summed E-state index contributed by atoms with van der Waals surface area (Å²) in [5, 5.41) is 17.7. The lowest BCUT2D eigenvalue weighted by atomic mass is 9.32. The highest BCUT2D eigenvalue weighted by Gasteiger charge is 2.71. The van der Waals surface area contributed by atoms with E-state index in [0.717, 1.165) is 68.4 Å². The number of aromatic nitrogens is 2. The summed E-state index contributed by atoms with van der Waals surface area (Å²) >= 11 is 0. The van der Waals surface area contributed by atoms with E-state index in [1.807, 2.05) is 59.6 Å². The number of nitrogens with zero attached hydrogens (tertiary/aromatic N) is 2. The molecule has 1 aromatic heterocycles. The quantitative estimate of drug-likeness (QED) is 0.118. The van der Waals surface area contributed by atoms with Crippen LogP contribution in [0.5, 0.6) is 5.75 Å². The number of rotatable bonds is 13. The van der Waals surface area contributed by atoms with E-state index in [-0.39, 0.29) is 45.0 Å². The van der Waals surface area contributed by atoms with Gasteiger partial charge in [0.2, 0.25) is 5.91 Å². The second-order valence-electron chi connectivity index (χ2n) is 21.3. The third-order valence-corrected chi connectivity index (χ3v) is 18.2. The van der Waals surface area contributed by atoms with Crippen LogP contribution in [0, 0.1) is 56.7 Å². The predicted molar refractivity (Wildman–Crippen MR) is 238 cm³/mol. The molecule has 4 unspecified atom stereocenters. The summed E-state index contributed by atoms with van der Waals surface area (Å²) in [5.74, 6) is 3.32. The number of nitrogens with one attached hydrogen (secondary N) is 2. The Labute approximate surface area is 359 Å². The Morgan fingerprint density at radius 2 is 1.68 bits per heavy atom. The lowest BCUT2D eigenvalue weighted by molar-refractivity contribution is -0.246. The average molecular weight is 817 g/mol. The van der Waals surface area contributed by atoms with E-state index in [9.17, 15) is 14.7 Å². The van der Waals surface area contributed by atoms with Gasteiger partial charge in [0.25, 0.3) is 5.91 Å². The van der Waals surface area contributed by atoms with E-state index in [1.165, 1.54) is 31.3 Å². The zero-order chi connectivity index (χ0) is 42.5. The molecule has 5 saturated carbocycles. The average Bonchev–Trinajstić information content (AvgIpc) is 3.90. The fourth-order valence-electron chi connectivity index (χ4n) is 14.7. The molecule has 8 nitrogen and oxygen atoms in total. The topological polar surface area (TPSA) is 105 Å². The van der Waals surface area contributed by atoms with Gasteiger partial charge in [0.05, 0.1) is 24.5 Å². The lowest BCUT2D eigenvalue weighted by Gasteiger charge is -2.72. The number of fused-ring (bicyclic) bond motifs is 7. The van der Waals surface area contributed by atoms with E-state index in [4.69, 9.17) is 4.74 Å². The molecule has 0 spiro atoms. The molecule has 0 saturated heterocycles. The zero-order valence-corrected chi connectivity index (χ0v) is 37.4. The molecule has 3 N–H and O–H groups in total. The zero-order valence-electron chi connectivity index (χ0n) is 37.4. The Bertz CT molecular complexity index is 2030. The van der Waals surface area contributed by atoms with Gasteiger partial charge in [-0.25, -0.2) is 4.98 Å². The van der Waals surface area contributed by atoms with Crippen molar-refractivity contribution >= 4 is 11.8 Å². The van der Waals surface area contributed by atoms with Crippen molar-refractivity contribution in [2.24, 2.45) is 56.7 Å². The third-order valence-electron chi connectivity index (χ3n) is 18.2. The number of ether oxygens (including phenoxy) is 1. The van der Waals surface area contributed by atoms with Gasteiger partial charge in [-0.15, -0.1) is 0 Å². The van der Waals surface area contributed by atoms with Gasteiger partial charge < -0.3 is 25.0 Å². The van der Waals surface area contributed by atoms with Crippen molar-refractivity contribution in [3.05, 3.63) is 96.1 Å². The molecule has 5 fully saturated rings. The Balaban J connectivity index is 0.880. The third kappa shape index (κ3) is 7.34. The number of imidazole rings is 1. The maximum Gasteiger partial charge on any atom is 0.251 e. The molecular formula is C52H72N4O4. The second-order valence-corrected chi connectivity index (χ2v) is 21.3. The minimum Gasteiger partial charge on any atom is -0.494 e. The number of hydrogen-bond donors (Lipinski definition) is 3. The molecule has 5 aliphatic carbocycles. The van der Waals surface area contributed by atoms with Gasteiger partial charge in [-0.1, -0.05) is 71.0 Å². The van der Waals surface area contributed by atoms with Crippen molar-refractivity contribution in [2.75, 3.05) is 13.2 Å². The minimum absolute atomic E-state index is 0.0531. The predicted octanol–water partition coefficient (Wildman–Crippen LogP) is 9.96. The minimum atomic E-state index is -0.359. The molecule has 1 heterocycles. The van der Waals surface area contributed by atoms with Crippen LogP contribution >= 0.6 is 0 Å². The van der Waals surface area contributed by atoms with E-state index in [1.54, 1.807) is 6.20 Å². The maximum absolute atomic E-state index is 14.7. The Hall–Kier alpha value is -3.91. The van der Waals surface area contributed by atoms with Gasteiger partial charge in [0.1, 0.15) is 5.75 Å². The number of aliphatic hydroxyl groups excluding tert-OH is 1. The van der Waals surface area contributed by atoms with E-state index in [2.05, 4.69) is 69.8 Å². The molecule has 2 amide bonds. The number of aliphatic hydroxyl groups is 1. The number of aryl methyl sites for hydroxylation is 1. The molecule has 0 aliphatic heterocycles. The first-order valence-corrected chi connectivity index (χ1v) is 23.3. The Morgan fingerprint density at radius 3 is 2.43 bits per heavy atom. The van der Waals surface area contributed by atoms with Crippen LogP contribution in [-0.4, -0.2) is 45.7 Å². The Kier molecular flexibility index (Phi) is 11.7. The highest BCUT2D eigenvalue weighted by atomic mass is 16.5. The summed E-state index contributed by atoms with van der Waals surface area (Å²) in [7, 11) is 0. The van der Waals surface area contributed by atoms with Crippen molar-refractivity contribution in [1.82, 2.24) is 20.2 Å². The number of carbonyl (C=O) groups excluding carboxylic acids is 2. The summed E-state index contributed by atoms with van der Waals surface area (Å²) in [6.07, 6.45) is 17.8. The molecule has 0 radical (unpaired) electrons. The van der Waals surface area contributed by atoms with Crippen LogP contribution in [0.25, 0.3) is 0 Å². The van der Waals surface area contributed by atoms with Crippen molar-refractivity contribution in [3.63, 3.8) is 0 Å². The summed E-state index contributed by atoms with van der Waals surface area (Å²) in [6, 6.07) is 15.7. The highest BCUT2D eigenvalue weighted by Crippen LogP contribution is 2.77. The first-order chi connectivity index (χ1) is 28.6. The van der Waals surface area contributed by atoms with Crippen LogP contribution in [0.15, 0.2) is 79.4 Å². The van der Waals surface area contributed by atoms with Crippen LogP contribution in [-0.2, 0) is 24.3 Å². The molecule has 5 aliphatic rings. The van der Waals surface area contributed by atoms with Crippen LogP contribution in [0.1, 0.15) is 134 Å². The number of amides is 2. The first kappa shape index (κ1) is 42.8. The SMILES string of the molecule is C=C(C)[C@@H]1CC[C@]2(C(=O)NCCc3cccc(C(=O)NCc4ccc(OCCCn5ccnc5)cc4)c3)CC[C@]3(C)C(CCC4[C@@]5(C)CC[C@H](O)C(C)(C)C5CC[C@]43C)C12. The van der Waals surface area contributed by atoms with Gasteiger partial charge >= 0.3 is 0 Å². The molecule has 324 valence electrons. The van der Waals surface area contributed by atoms with Crippen molar-refractivity contribution in [3.8, 4) is 5.75 Å². The number of carbonyl (C=O) groups is 2. The van der Waals surface area contributed by atoms with Crippen molar-refractivity contribution in [2.45, 2.75) is 138 Å². The molecule has 10 atom stereocenters. The van der Waals surface area contributed by atoms with Crippen LogP contribution < -0.4 is 15.4 Å². The monoisotopic (exact) mass is 817 g/mol. The first-order valence-electron chi connectivity index (χ1n) is 23.3. The Morgan fingerprint density at radius 1 is 0.883 bits per heavy atom. The van der Waals surface area contributed by atoms with Crippen molar-refractivity contribution in [1.29, 1.82) is 0 Å². The molecule has 3 aromatic rings. The van der Waals surface area contributed by atoms with Crippen molar-refractivity contribution < 1.29 is 19.4 Å². The van der Waals surface area contributed by atoms with Gasteiger partial charge in [-0.3, -0.25) is 9.59 Å². The largest absolute Gasteiger partial charge is 0.494 e. The van der Waals surface area contributed by atoms with Gasteiger partial charge in [0, 0.05) is 37.6 Å². The van der Waals surface area contributed by atoms with Gasteiger partial charge in [-0.05, 0) is 171 Å². The molecule has 0 bridgehead atoms. The number of allylic oxidation sites excluding steroid dienone is 1. The van der Waals surface area contributed by atoms with E-state index >= 15 is 0 Å². The van der Waals surface area contributed by atoms with E-state index < -0.39 is 0 Å². The van der Waals surface area contributed by atoms with Gasteiger partial charge in [-0.2, -0.15) is 0 Å².